The number of hydrogen-bond donors (Lipinski definition) is 0. The number of fused-ring (bicyclic) bond motifs is 6. The Labute approximate surface area is 259 Å². The minimum Gasteiger partial charge on any atom is -0.456 e. The molecule has 0 fully saturated rings. The summed E-state index contributed by atoms with van der Waals surface area (Å²) < 4.78 is 12.8. The molecule has 0 N–H and O–H groups in total. The van der Waals surface area contributed by atoms with E-state index in [1.807, 2.05) is 48.5 Å². The van der Waals surface area contributed by atoms with Crippen LogP contribution in [0, 0.1) is 0 Å². The van der Waals surface area contributed by atoms with Gasteiger partial charge in [-0.2, -0.15) is 0 Å². The van der Waals surface area contributed by atoms with E-state index >= 15 is 0 Å². The average molecular weight is 579 g/mol. The molecular formula is C41H26N2O2. The first kappa shape index (κ1) is 25.4. The van der Waals surface area contributed by atoms with E-state index in [4.69, 9.17) is 13.8 Å². The van der Waals surface area contributed by atoms with Gasteiger partial charge in [0.25, 0.3) is 0 Å². The Balaban J connectivity index is 1.23. The summed E-state index contributed by atoms with van der Waals surface area (Å²) in [6.45, 7) is 0. The molecule has 9 aromatic rings. The average Bonchev–Trinajstić information content (AvgIpc) is 3.71. The van der Waals surface area contributed by atoms with Crippen molar-refractivity contribution in [3.8, 4) is 22.6 Å². The molecule has 212 valence electrons. The quantitative estimate of drug-likeness (QED) is 0.204. The lowest BCUT2D eigenvalue weighted by atomic mass is 10.0. The summed E-state index contributed by atoms with van der Waals surface area (Å²) >= 11 is 0. The van der Waals surface area contributed by atoms with Crippen LogP contribution in [0.5, 0.6) is 0 Å². The Kier molecular flexibility index (Phi) is 5.78. The fourth-order valence-electron chi connectivity index (χ4n) is 6.27. The van der Waals surface area contributed by atoms with E-state index in [0.29, 0.717) is 5.89 Å². The van der Waals surface area contributed by atoms with Gasteiger partial charge in [-0.3, -0.25) is 0 Å². The van der Waals surface area contributed by atoms with Crippen LogP contribution in [0.25, 0.3) is 66.4 Å². The molecule has 0 saturated carbocycles. The van der Waals surface area contributed by atoms with Crippen molar-refractivity contribution in [2.24, 2.45) is 0 Å². The van der Waals surface area contributed by atoms with Crippen LogP contribution in [0.2, 0.25) is 0 Å². The second kappa shape index (κ2) is 10.2. The lowest BCUT2D eigenvalue weighted by Gasteiger charge is -2.26. The third-order valence-corrected chi connectivity index (χ3v) is 8.47. The summed E-state index contributed by atoms with van der Waals surface area (Å²) in [6.07, 6.45) is 0. The summed E-state index contributed by atoms with van der Waals surface area (Å²) in [5.41, 5.74) is 9.58. The van der Waals surface area contributed by atoms with Crippen LogP contribution in [0.1, 0.15) is 0 Å². The van der Waals surface area contributed by atoms with Gasteiger partial charge in [-0.25, -0.2) is 4.98 Å². The van der Waals surface area contributed by atoms with Crippen molar-refractivity contribution >= 4 is 60.9 Å². The monoisotopic (exact) mass is 578 g/mol. The van der Waals surface area contributed by atoms with Crippen molar-refractivity contribution < 1.29 is 8.83 Å². The van der Waals surface area contributed by atoms with Gasteiger partial charge >= 0.3 is 0 Å². The molecule has 0 saturated heterocycles. The fraction of sp³-hybridized carbons (Fsp3) is 0. The molecular weight excluding hydrogens is 552 g/mol. The zero-order valence-corrected chi connectivity index (χ0v) is 24.2. The minimum atomic E-state index is 0.597. The molecule has 0 spiro atoms. The number of benzene rings is 7. The number of rotatable bonds is 5. The van der Waals surface area contributed by atoms with Gasteiger partial charge in [0, 0.05) is 28.0 Å². The van der Waals surface area contributed by atoms with E-state index in [1.54, 1.807) is 0 Å². The van der Waals surface area contributed by atoms with Crippen molar-refractivity contribution in [2.45, 2.75) is 0 Å². The van der Waals surface area contributed by atoms with Gasteiger partial charge in [-0.1, -0.05) is 91.0 Å². The summed E-state index contributed by atoms with van der Waals surface area (Å²) in [5, 5.41) is 4.30. The third-order valence-electron chi connectivity index (χ3n) is 8.47. The first-order valence-corrected chi connectivity index (χ1v) is 15.0. The van der Waals surface area contributed by atoms with E-state index in [0.717, 1.165) is 55.7 Å². The van der Waals surface area contributed by atoms with Gasteiger partial charge in [0.1, 0.15) is 16.7 Å². The van der Waals surface area contributed by atoms with Gasteiger partial charge in [0.05, 0.1) is 5.39 Å². The Morgan fingerprint density at radius 3 is 1.87 bits per heavy atom. The van der Waals surface area contributed by atoms with Crippen LogP contribution in [0.3, 0.4) is 0 Å². The molecule has 0 amide bonds. The van der Waals surface area contributed by atoms with E-state index in [1.165, 1.54) is 21.9 Å². The lowest BCUT2D eigenvalue weighted by molar-refractivity contribution is 0.622. The van der Waals surface area contributed by atoms with Crippen molar-refractivity contribution in [3.63, 3.8) is 0 Å². The zero-order chi connectivity index (χ0) is 29.7. The second-order valence-electron chi connectivity index (χ2n) is 11.2. The number of nitrogens with zero attached hydrogens (tertiary/aromatic N) is 2. The minimum absolute atomic E-state index is 0.597. The maximum Gasteiger partial charge on any atom is 0.227 e. The molecule has 0 radical (unpaired) electrons. The van der Waals surface area contributed by atoms with Gasteiger partial charge < -0.3 is 13.7 Å². The fourth-order valence-corrected chi connectivity index (χ4v) is 6.27. The van der Waals surface area contributed by atoms with Crippen LogP contribution in [-0.2, 0) is 0 Å². The SMILES string of the molecule is c1ccc(-c2ccc(N(c3ccc4ccccc4c3)c3ccc4oc5ccc6nc(-c7ccccc7)oc6c5c4c3)cc2)cc1. The summed E-state index contributed by atoms with van der Waals surface area (Å²) in [5.74, 6) is 0.597. The molecule has 9 rings (SSSR count). The normalized spacial score (nSPS) is 11.6. The highest BCUT2D eigenvalue weighted by Crippen LogP contribution is 2.42. The number of aromatic nitrogens is 1. The van der Waals surface area contributed by atoms with Crippen LogP contribution >= 0.6 is 0 Å². The molecule has 0 aliphatic heterocycles. The number of oxazole rings is 1. The van der Waals surface area contributed by atoms with E-state index in [2.05, 4.69) is 114 Å². The molecule has 2 heterocycles. The highest BCUT2D eigenvalue weighted by molar-refractivity contribution is 6.17. The van der Waals surface area contributed by atoms with Crippen molar-refractivity contribution in [1.29, 1.82) is 0 Å². The third kappa shape index (κ3) is 4.35. The van der Waals surface area contributed by atoms with Gasteiger partial charge in [-0.15, -0.1) is 0 Å². The number of anilines is 3. The summed E-state index contributed by atoms with van der Waals surface area (Å²) in [7, 11) is 0. The first-order chi connectivity index (χ1) is 22.3. The van der Waals surface area contributed by atoms with Gasteiger partial charge in [0.2, 0.25) is 5.89 Å². The van der Waals surface area contributed by atoms with Crippen LogP contribution in [0.4, 0.5) is 17.1 Å². The molecule has 0 aliphatic carbocycles. The molecule has 4 heteroatoms. The van der Waals surface area contributed by atoms with E-state index in [-0.39, 0.29) is 0 Å². The Bertz CT molecular complexity index is 2480. The highest BCUT2D eigenvalue weighted by atomic mass is 16.4. The first-order valence-electron chi connectivity index (χ1n) is 15.0. The van der Waals surface area contributed by atoms with Crippen molar-refractivity contribution in [2.75, 3.05) is 4.90 Å². The number of hydrogen-bond acceptors (Lipinski definition) is 4. The van der Waals surface area contributed by atoms with E-state index < -0.39 is 0 Å². The zero-order valence-electron chi connectivity index (χ0n) is 24.2. The van der Waals surface area contributed by atoms with Crippen LogP contribution < -0.4 is 4.90 Å². The molecule has 0 bridgehead atoms. The smallest absolute Gasteiger partial charge is 0.227 e. The number of furan rings is 1. The topological polar surface area (TPSA) is 42.4 Å². The van der Waals surface area contributed by atoms with Gasteiger partial charge in [0.15, 0.2) is 5.58 Å². The Morgan fingerprint density at radius 1 is 0.444 bits per heavy atom. The summed E-state index contributed by atoms with van der Waals surface area (Å²) in [4.78, 5) is 7.12. The largest absolute Gasteiger partial charge is 0.456 e. The second-order valence-corrected chi connectivity index (χ2v) is 11.2. The van der Waals surface area contributed by atoms with Crippen molar-refractivity contribution in [1.82, 2.24) is 4.98 Å². The van der Waals surface area contributed by atoms with E-state index in [9.17, 15) is 0 Å². The summed E-state index contributed by atoms with van der Waals surface area (Å²) in [6, 6.07) is 54.6. The van der Waals surface area contributed by atoms with Crippen LogP contribution in [0.15, 0.2) is 167 Å². The Morgan fingerprint density at radius 2 is 1.07 bits per heavy atom. The molecule has 0 unspecified atom stereocenters. The predicted molar refractivity (Wildman–Crippen MR) is 184 cm³/mol. The molecule has 4 nitrogen and oxygen atoms in total. The predicted octanol–water partition coefficient (Wildman–Crippen LogP) is 11.7. The van der Waals surface area contributed by atoms with Gasteiger partial charge in [-0.05, 0) is 88.6 Å². The molecule has 0 atom stereocenters. The molecule has 2 aromatic heterocycles. The van der Waals surface area contributed by atoms with Crippen LogP contribution in [-0.4, -0.2) is 4.98 Å². The molecule has 7 aromatic carbocycles. The maximum atomic E-state index is 6.42. The standard InChI is InChI=1S/C41H26N2O2/c1-3-9-27(10-4-1)29-15-18-32(19-16-29)43(33-20-17-28-11-7-8-14-31(28)25-33)34-21-23-37-35(26-34)39-38(44-37)24-22-36-40(39)45-41(42-36)30-12-5-2-6-13-30/h1-26H. The molecule has 0 aliphatic rings. The van der Waals surface area contributed by atoms with Crippen molar-refractivity contribution in [3.05, 3.63) is 158 Å². The Hall–Kier alpha value is -6.13. The lowest BCUT2D eigenvalue weighted by Crippen LogP contribution is -2.09. The maximum absolute atomic E-state index is 6.42. The molecule has 45 heavy (non-hydrogen) atoms. The highest BCUT2D eigenvalue weighted by Gasteiger charge is 2.20.